The summed E-state index contributed by atoms with van der Waals surface area (Å²) in [6.45, 7) is 0.921. The van der Waals surface area contributed by atoms with E-state index < -0.39 is 11.7 Å². The van der Waals surface area contributed by atoms with Crippen molar-refractivity contribution in [1.29, 1.82) is 0 Å². The predicted molar refractivity (Wildman–Crippen MR) is 108 cm³/mol. The first-order chi connectivity index (χ1) is 12.3. The zero-order valence-electron chi connectivity index (χ0n) is 14.4. The van der Waals surface area contributed by atoms with Crippen molar-refractivity contribution < 1.29 is 18.0 Å². The molecule has 0 bridgehead atoms. The lowest BCUT2D eigenvalue weighted by Crippen LogP contribution is -2.37. The molecule has 0 aliphatic carbocycles. The Morgan fingerprint density at radius 3 is 2.57 bits per heavy atom. The van der Waals surface area contributed by atoms with E-state index in [1.54, 1.807) is 29.2 Å². The van der Waals surface area contributed by atoms with Gasteiger partial charge in [-0.05, 0) is 24.6 Å². The van der Waals surface area contributed by atoms with Gasteiger partial charge in [0.05, 0.1) is 16.1 Å². The van der Waals surface area contributed by atoms with Gasteiger partial charge in [-0.25, -0.2) is 4.98 Å². The molecule has 1 unspecified atom stereocenters. The van der Waals surface area contributed by atoms with Gasteiger partial charge in [-0.1, -0.05) is 23.7 Å². The second kappa shape index (κ2) is 9.54. The fraction of sp³-hybridized carbons (Fsp3) is 0.294. The van der Waals surface area contributed by atoms with E-state index in [1.807, 2.05) is 0 Å². The van der Waals surface area contributed by atoms with Gasteiger partial charge in [-0.2, -0.15) is 13.2 Å². The predicted octanol–water partition coefficient (Wildman–Crippen LogP) is 4.19. The van der Waals surface area contributed by atoms with E-state index in [1.165, 1.54) is 0 Å². The highest BCUT2D eigenvalue weighted by atomic mass is 35.5. The normalized spacial score (nSPS) is 16.1. The van der Waals surface area contributed by atoms with Crippen LogP contribution < -0.4 is 16.0 Å². The second-order valence-electron chi connectivity index (χ2n) is 6.02. The number of pyridine rings is 1. The van der Waals surface area contributed by atoms with Crippen LogP contribution in [0.25, 0.3) is 0 Å². The standard InChI is InChI=1S/C17H16ClF3N4O.2ClH/c18-13-7-10(17(19,20)21)8-23-15(13)25-6-5-11(9-25)24-16(26)12-3-1-2-4-14(12)22;;/h1-4,7-8,11H,5-6,9,22H2,(H,24,26);2*1H. The van der Waals surface area contributed by atoms with Gasteiger partial charge < -0.3 is 16.0 Å². The molecule has 1 amide bonds. The topological polar surface area (TPSA) is 71.2 Å². The van der Waals surface area contributed by atoms with Crippen LogP contribution in [0.4, 0.5) is 24.7 Å². The molecule has 2 aromatic rings. The van der Waals surface area contributed by atoms with Crippen molar-refractivity contribution in [3.8, 4) is 0 Å². The third kappa shape index (κ3) is 5.33. The van der Waals surface area contributed by atoms with Crippen LogP contribution in [-0.4, -0.2) is 30.0 Å². The number of nitrogens with two attached hydrogens (primary N) is 1. The van der Waals surface area contributed by atoms with Crippen molar-refractivity contribution in [3.63, 3.8) is 0 Å². The van der Waals surface area contributed by atoms with Crippen LogP contribution in [0.2, 0.25) is 5.02 Å². The van der Waals surface area contributed by atoms with Crippen molar-refractivity contribution in [2.45, 2.75) is 18.6 Å². The molecular weight excluding hydrogens is 440 g/mol. The number of anilines is 2. The number of nitrogens with one attached hydrogen (secondary N) is 1. The van der Waals surface area contributed by atoms with E-state index in [9.17, 15) is 18.0 Å². The molecule has 1 aliphatic rings. The minimum atomic E-state index is -4.49. The molecule has 5 nitrogen and oxygen atoms in total. The summed E-state index contributed by atoms with van der Waals surface area (Å²) in [5.74, 6) is -0.0166. The highest BCUT2D eigenvalue weighted by Gasteiger charge is 2.33. The number of rotatable bonds is 3. The lowest BCUT2D eigenvalue weighted by atomic mass is 10.1. The van der Waals surface area contributed by atoms with Gasteiger partial charge in [0, 0.05) is 31.0 Å². The number of hydrogen-bond acceptors (Lipinski definition) is 4. The largest absolute Gasteiger partial charge is 0.417 e. The summed E-state index contributed by atoms with van der Waals surface area (Å²) in [6, 6.07) is 7.41. The third-order valence-corrected chi connectivity index (χ3v) is 4.46. The van der Waals surface area contributed by atoms with E-state index in [0.29, 0.717) is 30.8 Å². The molecular formula is C17H18Cl3F3N4O. The first-order valence-corrected chi connectivity index (χ1v) is 8.26. The molecule has 11 heteroatoms. The first-order valence-electron chi connectivity index (χ1n) is 7.89. The molecule has 1 aliphatic heterocycles. The number of carbonyl (C=O) groups excluding carboxylic acids is 1. The minimum Gasteiger partial charge on any atom is -0.398 e. The number of nitrogens with zero attached hydrogens (tertiary/aromatic N) is 2. The van der Waals surface area contributed by atoms with Crippen molar-refractivity contribution in [1.82, 2.24) is 10.3 Å². The van der Waals surface area contributed by atoms with Gasteiger partial charge in [0.2, 0.25) is 0 Å². The number of hydrogen-bond donors (Lipinski definition) is 2. The molecule has 1 fully saturated rings. The maximum absolute atomic E-state index is 12.7. The summed E-state index contributed by atoms with van der Waals surface area (Å²) in [5.41, 5.74) is 5.67. The molecule has 1 atom stereocenters. The van der Waals surface area contributed by atoms with Gasteiger partial charge in [-0.3, -0.25) is 4.79 Å². The van der Waals surface area contributed by atoms with E-state index in [2.05, 4.69) is 10.3 Å². The summed E-state index contributed by atoms with van der Waals surface area (Å²) in [7, 11) is 0. The van der Waals surface area contributed by atoms with Crippen LogP contribution in [0.5, 0.6) is 0 Å². The zero-order chi connectivity index (χ0) is 18.9. The fourth-order valence-electron chi connectivity index (χ4n) is 2.86. The highest BCUT2D eigenvalue weighted by Crippen LogP contribution is 2.34. The Labute approximate surface area is 177 Å². The average molecular weight is 458 g/mol. The number of halogens is 6. The Kier molecular flexibility index (Phi) is 8.22. The van der Waals surface area contributed by atoms with Gasteiger partial charge in [0.15, 0.2) is 0 Å². The Morgan fingerprint density at radius 2 is 1.96 bits per heavy atom. The van der Waals surface area contributed by atoms with Crippen molar-refractivity contribution >= 4 is 53.8 Å². The van der Waals surface area contributed by atoms with Crippen molar-refractivity contribution in [2.24, 2.45) is 0 Å². The van der Waals surface area contributed by atoms with Crippen molar-refractivity contribution in [2.75, 3.05) is 23.7 Å². The van der Waals surface area contributed by atoms with Gasteiger partial charge in [0.1, 0.15) is 5.82 Å². The first kappa shape index (κ1) is 24.1. The zero-order valence-corrected chi connectivity index (χ0v) is 16.8. The molecule has 2 heterocycles. The monoisotopic (exact) mass is 456 g/mol. The lowest BCUT2D eigenvalue weighted by Gasteiger charge is -2.20. The van der Waals surface area contributed by atoms with E-state index in [0.717, 1.165) is 12.3 Å². The fourth-order valence-corrected chi connectivity index (χ4v) is 3.14. The number of nitrogen functional groups attached to an aromatic ring is 1. The summed E-state index contributed by atoms with van der Waals surface area (Å²) in [4.78, 5) is 17.9. The maximum Gasteiger partial charge on any atom is 0.417 e. The highest BCUT2D eigenvalue weighted by molar-refractivity contribution is 6.33. The molecule has 154 valence electrons. The number of para-hydroxylation sites is 1. The number of benzene rings is 1. The Morgan fingerprint density at radius 1 is 1.29 bits per heavy atom. The van der Waals surface area contributed by atoms with Gasteiger partial charge >= 0.3 is 6.18 Å². The number of amides is 1. The molecule has 3 N–H and O–H groups in total. The quantitative estimate of drug-likeness (QED) is 0.678. The third-order valence-electron chi connectivity index (χ3n) is 4.18. The van der Waals surface area contributed by atoms with Crippen LogP contribution in [0.15, 0.2) is 36.5 Å². The van der Waals surface area contributed by atoms with E-state index in [4.69, 9.17) is 17.3 Å². The average Bonchev–Trinajstić information content (AvgIpc) is 3.02. The molecule has 0 spiro atoms. The molecule has 1 saturated heterocycles. The van der Waals surface area contributed by atoms with Crippen LogP contribution in [0.1, 0.15) is 22.3 Å². The second-order valence-corrected chi connectivity index (χ2v) is 6.43. The number of aromatic nitrogens is 1. The van der Waals surface area contributed by atoms with Crippen LogP contribution >= 0.6 is 36.4 Å². The summed E-state index contributed by atoms with van der Waals surface area (Å²) < 4.78 is 38.1. The summed E-state index contributed by atoms with van der Waals surface area (Å²) >= 11 is 5.98. The summed E-state index contributed by atoms with van der Waals surface area (Å²) in [6.07, 6.45) is -3.11. The molecule has 3 rings (SSSR count). The molecule has 1 aromatic heterocycles. The Hall–Kier alpha value is -1.90. The Balaban J connectivity index is 0.00000196. The van der Waals surface area contributed by atoms with Crippen LogP contribution in [0.3, 0.4) is 0 Å². The van der Waals surface area contributed by atoms with Gasteiger partial charge in [0.25, 0.3) is 5.91 Å². The lowest BCUT2D eigenvalue weighted by molar-refractivity contribution is -0.137. The van der Waals surface area contributed by atoms with E-state index >= 15 is 0 Å². The van der Waals surface area contributed by atoms with Crippen LogP contribution in [-0.2, 0) is 6.18 Å². The minimum absolute atomic E-state index is 0. The molecule has 28 heavy (non-hydrogen) atoms. The van der Waals surface area contributed by atoms with Gasteiger partial charge in [-0.15, -0.1) is 24.8 Å². The van der Waals surface area contributed by atoms with E-state index in [-0.39, 0.29) is 47.6 Å². The summed E-state index contributed by atoms with van der Waals surface area (Å²) in [5, 5.41) is 2.81. The maximum atomic E-state index is 12.7. The molecule has 0 radical (unpaired) electrons. The molecule has 0 saturated carbocycles. The van der Waals surface area contributed by atoms with Crippen LogP contribution in [0, 0.1) is 0 Å². The SMILES string of the molecule is Cl.Cl.Nc1ccccc1C(=O)NC1CCN(c2ncc(C(F)(F)F)cc2Cl)C1. The number of carbonyl (C=O) groups is 1. The molecule has 1 aromatic carbocycles. The smallest absolute Gasteiger partial charge is 0.398 e. The Bertz CT molecular complexity index is 836. The van der Waals surface area contributed by atoms with Crippen molar-refractivity contribution in [3.05, 3.63) is 52.7 Å². The number of alkyl halides is 3.